The van der Waals surface area contributed by atoms with E-state index in [4.69, 9.17) is 4.74 Å². The van der Waals surface area contributed by atoms with Gasteiger partial charge in [-0.2, -0.15) is 0 Å². The summed E-state index contributed by atoms with van der Waals surface area (Å²) in [5.74, 6) is 0.522. The van der Waals surface area contributed by atoms with Crippen LogP contribution in [0.25, 0.3) is 0 Å². The van der Waals surface area contributed by atoms with Gasteiger partial charge in [-0.3, -0.25) is 9.59 Å². The predicted octanol–water partition coefficient (Wildman–Crippen LogP) is 1.79. The zero-order valence-electron chi connectivity index (χ0n) is 14.1. The lowest BCUT2D eigenvalue weighted by atomic mass is 9.85. The fraction of sp³-hybridized carbons (Fsp3) is 0.529. The third-order valence-corrected chi connectivity index (χ3v) is 3.32. The van der Waals surface area contributed by atoms with Crippen molar-refractivity contribution in [2.24, 2.45) is 0 Å². The minimum absolute atomic E-state index is 0.0168. The van der Waals surface area contributed by atoms with Crippen molar-refractivity contribution in [2.45, 2.75) is 39.5 Å². The molecule has 122 valence electrons. The number of carbonyl (C=O) groups excluding carboxylic acids is 2. The van der Waals surface area contributed by atoms with Gasteiger partial charge in [0.2, 0.25) is 11.8 Å². The number of carbonyl (C=O) groups is 2. The molecule has 2 N–H and O–H groups in total. The first-order valence-corrected chi connectivity index (χ1v) is 7.42. The van der Waals surface area contributed by atoms with Crippen molar-refractivity contribution in [3.8, 4) is 5.75 Å². The van der Waals surface area contributed by atoms with Gasteiger partial charge in [-0.05, 0) is 17.0 Å². The van der Waals surface area contributed by atoms with Crippen molar-refractivity contribution in [3.05, 3.63) is 29.3 Å². The lowest BCUT2D eigenvalue weighted by molar-refractivity contribution is -0.121. The van der Waals surface area contributed by atoms with E-state index in [1.165, 1.54) is 6.92 Å². The average molecular weight is 306 g/mol. The van der Waals surface area contributed by atoms with Crippen LogP contribution in [-0.2, 0) is 21.4 Å². The minimum atomic E-state index is -0.103. The molecule has 1 aromatic rings. The standard InChI is InChI=1S/C17H26N2O3/c1-12(20)18-8-9-19-16(21)11-13-10-14(17(2,3)4)6-7-15(13)22-5/h6-7,10H,8-9,11H2,1-5H3,(H,18,20)(H,19,21). The summed E-state index contributed by atoms with van der Waals surface area (Å²) in [7, 11) is 1.60. The van der Waals surface area contributed by atoms with Crippen molar-refractivity contribution < 1.29 is 14.3 Å². The number of hydrogen-bond donors (Lipinski definition) is 2. The Morgan fingerprint density at radius 1 is 1.14 bits per heavy atom. The summed E-state index contributed by atoms with van der Waals surface area (Å²) in [6, 6.07) is 5.95. The van der Waals surface area contributed by atoms with Crippen molar-refractivity contribution in [1.82, 2.24) is 10.6 Å². The van der Waals surface area contributed by atoms with E-state index in [2.05, 4.69) is 31.4 Å². The zero-order chi connectivity index (χ0) is 16.8. The molecular weight excluding hydrogens is 280 g/mol. The maximum atomic E-state index is 12.0. The molecule has 2 amide bonds. The van der Waals surface area contributed by atoms with Crippen LogP contribution in [0.1, 0.15) is 38.8 Å². The van der Waals surface area contributed by atoms with Crippen LogP contribution in [0.2, 0.25) is 0 Å². The summed E-state index contributed by atoms with van der Waals surface area (Å²) >= 11 is 0. The topological polar surface area (TPSA) is 67.4 Å². The Morgan fingerprint density at radius 3 is 2.32 bits per heavy atom. The highest BCUT2D eigenvalue weighted by Crippen LogP contribution is 2.28. The molecule has 0 atom stereocenters. The number of nitrogens with one attached hydrogen (secondary N) is 2. The number of hydrogen-bond acceptors (Lipinski definition) is 3. The molecule has 0 unspecified atom stereocenters. The van der Waals surface area contributed by atoms with E-state index >= 15 is 0 Å². The van der Waals surface area contributed by atoms with Gasteiger partial charge in [0.15, 0.2) is 0 Å². The van der Waals surface area contributed by atoms with Gasteiger partial charge in [-0.1, -0.05) is 32.9 Å². The highest BCUT2D eigenvalue weighted by atomic mass is 16.5. The summed E-state index contributed by atoms with van der Waals surface area (Å²) in [6.45, 7) is 8.69. The molecule has 0 aliphatic heterocycles. The van der Waals surface area contributed by atoms with Gasteiger partial charge in [0.25, 0.3) is 0 Å². The molecule has 0 aliphatic rings. The molecule has 5 nitrogen and oxygen atoms in total. The monoisotopic (exact) mass is 306 g/mol. The van der Waals surface area contributed by atoms with E-state index in [0.717, 1.165) is 11.1 Å². The first kappa shape index (κ1) is 18.0. The third-order valence-electron chi connectivity index (χ3n) is 3.32. The fourth-order valence-corrected chi connectivity index (χ4v) is 2.06. The normalized spacial score (nSPS) is 11.0. The van der Waals surface area contributed by atoms with Crippen LogP contribution in [0.5, 0.6) is 5.75 Å². The number of methoxy groups -OCH3 is 1. The molecule has 0 bridgehead atoms. The Bertz CT molecular complexity index is 533. The van der Waals surface area contributed by atoms with Crippen molar-refractivity contribution in [2.75, 3.05) is 20.2 Å². The van der Waals surface area contributed by atoms with E-state index in [-0.39, 0.29) is 23.7 Å². The zero-order valence-corrected chi connectivity index (χ0v) is 14.1. The molecule has 0 heterocycles. The highest BCUT2D eigenvalue weighted by molar-refractivity contribution is 5.79. The molecule has 0 aliphatic carbocycles. The van der Waals surface area contributed by atoms with E-state index in [9.17, 15) is 9.59 Å². The Kier molecular flexibility index (Phi) is 6.40. The van der Waals surface area contributed by atoms with Crippen molar-refractivity contribution in [1.29, 1.82) is 0 Å². The summed E-state index contributed by atoms with van der Waals surface area (Å²) in [5.41, 5.74) is 2.05. The van der Waals surface area contributed by atoms with Crippen LogP contribution in [0.15, 0.2) is 18.2 Å². The summed E-state index contributed by atoms with van der Waals surface area (Å²) < 4.78 is 5.33. The molecule has 0 saturated carbocycles. The average Bonchev–Trinajstić information content (AvgIpc) is 2.42. The smallest absolute Gasteiger partial charge is 0.224 e. The minimum Gasteiger partial charge on any atom is -0.496 e. The van der Waals surface area contributed by atoms with Crippen LogP contribution in [0, 0.1) is 0 Å². The quantitative estimate of drug-likeness (QED) is 0.787. The molecule has 0 aromatic heterocycles. The van der Waals surface area contributed by atoms with E-state index in [0.29, 0.717) is 18.8 Å². The first-order chi connectivity index (χ1) is 10.2. The second kappa shape index (κ2) is 7.82. The summed E-state index contributed by atoms with van der Waals surface area (Å²) in [4.78, 5) is 22.8. The Labute approximate surface area is 132 Å². The molecule has 0 spiro atoms. The van der Waals surface area contributed by atoms with Crippen LogP contribution in [0.4, 0.5) is 0 Å². The second-order valence-electron chi connectivity index (χ2n) is 6.29. The SMILES string of the molecule is COc1ccc(C(C)(C)C)cc1CC(=O)NCCNC(C)=O. The lowest BCUT2D eigenvalue weighted by Gasteiger charge is -2.21. The second-order valence-corrected chi connectivity index (χ2v) is 6.29. The lowest BCUT2D eigenvalue weighted by Crippen LogP contribution is -2.34. The summed E-state index contributed by atoms with van der Waals surface area (Å²) in [6.07, 6.45) is 0.257. The number of benzene rings is 1. The van der Waals surface area contributed by atoms with Gasteiger partial charge >= 0.3 is 0 Å². The third kappa shape index (κ3) is 5.76. The highest BCUT2D eigenvalue weighted by Gasteiger charge is 2.17. The maximum absolute atomic E-state index is 12.0. The predicted molar refractivity (Wildman–Crippen MR) is 87.1 cm³/mol. The summed E-state index contributed by atoms with van der Waals surface area (Å²) in [5, 5.41) is 5.42. The maximum Gasteiger partial charge on any atom is 0.224 e. The van der Waals surface area contributed by atoms with Crippen LogP contribution >= 0.6 is 0 Å². The Balaban J connectivity index is 2.70. The van der Waals surface area contributed by atoms with Crippen molar-refractivity contribution in [3.63, 3.8) is 0 Å². The van der Waals surface area contributed by atoms with Crippen LogP contribution in [-0.4, -0.2) is 32.0 Å². The molecule has 1 rings (SSSR count). The molecule has 22 heavy (non-hydrogen) atoms. The van der Waals surface area contributed by atoms with E-state index < -0.39 is 0 Å². The number of amides is 2. The number of rotatable bonds is 6. The fourth-order valence-electron chi connectivity index (χ4n) is 2.06. The molecule has 0 radical (unpaired) electrons. The largest absolute Gasteiger partial charge is 0.496 e. The van der Waals surface area contributed by atoms with Gasteiger partial charge in [-0.25, -0.2) is 0 Å². The number of ether oxygens (including phenoxy) is 1. The first-order valence-electron chi connectivity index (χ1n) is 7.42. The van der Waals surface area contributed by atoms with E-state index in [1.807, 2.05) is 18.2 Å². The van der Waals surface area contributed by atoms with Gasteiger partial charge in [-0.15, -0.1) is 0 Å². The van der Waals surface area contributed by atoms with Crippen molar-refractivity contribution >= 4 is 11.8 Å². The van der Waals surface area contributed by atoms with Gasteiger partial charge in [0, 0.05) is 25.6 Å². The molecular formula is C17H26N2O3. The molecule has 0 fully saturated rings. The molecule has 1 aromatic carbocycles. The molecule has 5 heteroatoms. The Hall–Kier alpha value is -2.04. The Morgan fingerprint density at radius 2 is 1.77 bits per heavy atom. The molecule has 0 saturated heterocycles. The van der Waals surface area contributed by atoms with Gasteiger partial charge in [0.05, 0.1) is 13.5 Å². The van der Waals surface area contributed by atoms with E-state index in [1.54, 1.807) is 7.11 Å². The van der Waals surface area contributed by atoms with Gasteiger partial charge in [0.1, 0.15) is 5.75 Å². The van der Waals surface area contributed by atoms with Crippen LogP contribution < -0.4 is 15.4 Å². The van der Waals surface area contributed by atoms with Gasteiger partial charge < -0.3 is 15.4 Å². The van der Waals surface area contributed by atoms with Crippen LogP contribution in [0.3, 0.4) is 0 Å².